The van der Waals surface area contributed by atoms with Gasteiger partial charge in [0.15, 0.2) is 0 Å². The van der Waals surface area contributed by atoms with Crippen LogP contribution in [0.2, 0.25) is 5.02 Å². The van der Waals surface area contributed by atoms with E-state index < -0.39 is 0 Å². The van der Waals surface area contributed by atoms with Crippen molar-refractivity contribution in [3.8, 4) is 0 Å². The number of hydrogen-bond acceptors (Lipinski definition) is 3. The van der Waals surface area contributed by atoms with Crippen LogP contribution in [0.5, 0.6) is 0 Å². The number of carbonyl (C=O) groups excluding carboxylic acids is 1. The Kier molecular flexibility index (Phi) is 4.12. The zero-order valence-corrected chi connectivity index (χ0v) is 14.2. The first-order valence-corrected chi connectivity index (χ1v) is 8.47. The fraction of sp³-hybridized carbons (Fsp3) is 0.100. The number of aromatic nitrogens is 1. The van der Waals surface area contributed by atoms with Crippen molar-refractivity contribution in [2.45, 2.75) is 6.42 Å². The molecule has 5 heteroatoms. The first-order valence-electron chi connectivity index (χ1n) is 8.09. The van der Waals surface area contributed by atoms with Crippen molar-refractivity contribution >= 4 is 34.6 Å². The summed E-state index contributed by atoms with van der Waals surface area (Å²) in [5, 5.41) is 3.91. The third-order valence-corrected chi connectivity index (χ3v) is 4.46. The molecule has 3 aromatic rings. The smallest absolute Gasteiger partial charge is 0.276 e. The van der Waals surface area contributed by atoms with Crippen molar-refractivity contribution in [3.63, 3.8) is 0 Å². The van der Waals surface area contributed by atoms with Gasteiger partial charge in [-0.3, -0.25) is 9.78 Å². The maximum Gasteiger partial charge on any atom is 0.276 e. The average molecular weight is 350 g/mol. The summed E-state index contributed by atoms with van der Waals surface area (Å²) >= 11 is 6.01. The van der Waals surface area contributed by atoms with E-state index >= 15 is 0 Å². The third-order valence-electron chi connectivity index (χ3n) is 4.22. The van der Waals surface area contributed by atoms with Crippen molar-refractivity contribution in [2.75, 3.05) is 16.8 Å². The molecule has 4 nitrogen and oxygen atoms in total. The molecule has 0 saturated carbocycles. The van der Waals surface area contributed by atoms with E-state index in [-0.39, 0.29) is 5.91 Å². The number of fused-ring (bicyclic) bond motifs is 1. The maximum absolute atomic E-state index is 12.9. The number of rotatable bonds is 3. The highest BCUT2D eigenvalue weighted by Gasteiger charge is 2.25. The summed E-state index contributed by atoms with van der Waals surface area (Å²) < 4.78 is 0. The average Bonchev–Trinajstić information content (AvgIpc) is 3.05. The molecule has 4 rings (SSSR count). The van der Waals surface area contributed by atoms with Crippen LogP contribution in [0.25, 0.3) is 0 Å². The van der Waals surface area contributed by atoms with Crippen molar-refractivity contribution in [1.82, 2.24) is 4.98 Å². The molecule has 1 N–H and O–H groups in total. The zero-order chi connectivity index (χ0) is 17.2. The Morgan fingerprint density at radius 1 is 1.04 bits per heavy atom. The monoisotopic (exact) mass is 349 g/mol. The van der Waals surface area contributed by atoms with Crippen LogP contribution in [-0.2, 0) is 6.42 Å². The Bertz CT molecular complexity index is 941. The molecule has 0 bridgehead atoms. The van der Waals surface area contributed by atoms with Crippen LogP contribution < -0.4 is 10.2 Å². The second kappa shape index (κ2) is 6.57. The quantitative estimate of drug-likeness (QED) is 0.746. The van der Waals surface area contributed by atoms with Crippen LogP contribution in [0, 0.1) is 0 Å². The maximum atomic E-state index is 12.9. The van der Waals surface area contributed by atoms with Crippen LogP contribution in [-0.4, -0.2) is 17.4 Å². The molecule has 2 aromatic carbocycles. The Hall–Kier alpha value is -2.85. The van der Waals surface area contributed by atoms with Crippen LogP contribution >= 0.6 is 11.6 Å². The first kappa shape index (κ1) is 15.7. The molecule has 1 aliphatic rings. The molecule has 0 atom stereocenters. The zero-order valence-electron chi connectivity index (χ0n) is 13.4. The summed E-state index contributed by atoms with van der Waals surface area (Å²) in [4.78, 5) is 18.9. The topological polar surface area (TPSA) is 45.2 Å². The van der Waals surface area contributed by atoms with Crippen LogP contribution in [0.4, 0.5) is 17.1 Å². The van der Waals surface area contributed by atoms with Gasteiger partial charge in [-0.25, -0.2) is 0 Å². The fourth-order valence-corrected chi connectivity index (χ4v) is 3.24. The molecule has 1 aliphatic heterocycles. The molecule has 1 amide bonds. The minimum absolute atomic E-state index is 0.0836. The highest BCUT2D eigenvalue weighted by molar-refractivity contribution is 6.30. The van der Waals surface area contributed by atoms with Gasteiger partial charge in [0.1, 0.15) is 5.69 Å². The Morgan fingerprint density at radius 2 is 1.88 bits per heavy atom. The van der Waals surface area contributed by atoms with Crippen LogP contribution in [0.1, 0.15) is 16.1 Å². The number of nitrogens with one attached hydrogen (secondary N) is 1. The summed E-state index contributed by atoms with van der Waals surface area (Å²) in [5.74, 6) is -0.0836. The predicted molar refractivity (Wildman–Crippen MR) is 101 cm³/mol. The number of pyridine rings is 1. The van der Waals surface area contributed by atoms with Gasteiger partial charge in [0.2, 0.25) is 0 Å². The number of benzene rings is 2. The summed E-state index contributed by atoms with van der Waals surface area (Å²) in [7, 11) is 0. The lowest BCUT2D eigenvalue weighted by Crippen LogP contribution is -2.29. The van der Waals surface area contributed by atoms with Crippen molar-refractivity contribution in [2.24, 2.45) is 0 Å². The normalized spacial score (nSPS) is 12.8. The largest absolute Gasteiger partial charge is 0.355 e. The summed E-state index contributed by atoms with van der Waals surface area (Å²) in [6.07, 6.45) is 2.52. The number of nitrogens with zero attached hydrogens (tertiary/aromatic N) is 2. The Balaban J connectivity index is 1.58. The van der Waals surface area contributed by atoms with Gasteiger partial charge in [-0.05, 0) is 48.4 Å². The number of carbonyl (C=O) groups is 1. The molecule has 0 unspecified atom stereocenters. The van der Waals surface area contributed by atoms with E-state index in [2.05, 4.69) is 16.4 Å². The van der Waals surface area contributed by atoms with Gasteiger partial charge in [-0.2, -0.15) is 0 Å². The summed E-state index contributed by atoms with van der Waals surface area (Å²) in [5.41, 5.74) is 4.26. The van der Waals surface area contributed by atoms with Crippen molar-refractivity contribution in [3.05, 3.63) is 83.1 Å². The molecular formula is C20H16ClN3O. The van der Waals surface area contributed by atoms with E-state index in [1.807, 2.05) is 48.5 Å². The van der Waals surface area contributed by atoms with Crippen LogP contribution in [0.15, 0.2) is 66.9 Å². The Morgan fingerprint density at radius 3 is 2.76 bits per heavy atom. The van der Waals surface area contributed by atoms with E-state index in [9.17, 15) is 4.79 Å². The second-order valence-electron chi connectivity index (χ2n) is 5.90. The summed E-state index contributed by atoms with van der Waals surface area (Å²) in [6, 6.07) is 19.0. The lowest BCUT2D eigenvalue weighted by Gasteiger charge is -2.17. The minimum Gasteiger partial charge on any atom is -0.355 e. The second-order valence-corrected chi connectivity index (χ2v) is 6.34. The van der Waals surface area contributed by atoms with Gasteiger partial charge >= 0.3 is 0 Å². The number of anilines is 3. The molecule has 0 saturated heterocycles. The van der Waals surface area contributed by atoms with Gasteiger partial charge in [0.05, 0.1) is 0 Å². The van der Waals surface area contributed by atoms with Crippen molar-refractivity contribution < 1.29 is 4.79 Å². The lowest BCUT2D eigenvalue weighted by atomic mass is 10.2. The van der Waals surface area contributed by atoms with Gasteiger partial charge in [0.25, 0.3) is 5.91 Å². The van der Waals surface area contributed by atoms with E-state index in [1.54, 1.807) is 17.2 Å². The number of hydrogen-bond donors (Lipinski definition) is 1. The molecule has 1 aromatic heterocycles. The van der Waals surface area contributed by atoms with Gasteiger partial charge in [-0.15, -0.1) is 0 Å². The molecule has 0 aliphatic carbocycles. The van der Waals surface area contributed by atoms with E-state index in [1.165, 1.54) is 5.56 Å². The summed E-state index contributed by atoms with van der Waals surface area (Å²) in [6.45, 7) is 0.686. The van der Waals surface area contributed by atoms with Crippen LogP contribution in [0.3, 0.4) is 0 Å². The van der Waals surface area contributed by atoms with Crippen molar-refractivity contribution in [1.29, 1.82) is 0 Å². The van der Waals surface area contributed by atoms with E-state index in [4.69, 9.17) is 11.6 Å². The number of para-hydroxylation sites is 1. The highest BCUT2D eigenvalue weighted by atomic mass is 35.5. The number of halogens is 1. The molecule has 0 radical (unpaired) electrons. The van der Waals surface area contributed by atoms with E-state index in [0.717, 1.165) is 23.5 Å². The van der Waals surface area contributed by atoms with Gasteiger partial charge in [-0.1, -0.05) is 35.9 Å². The molecular weight excluding hydrogens is 334 g/mol. The van der Waals surface area contributed by atoms with Gasteiger partial charge < -0.3 is 10.2 Å². The number of amides is 1. The standard InChI is InChI=1S/C20H16ClN3O/c21-15-5-3-6-16(12-15)23-17-8-10-22-18(13-17)20(25)24-11-9-14-4-1-2-7-19(14)24/h1-8,10,12-13H,9,11H2,(H,22,23). The molecule has 2 heterocycles. The molecule has 0 fully saturated rings. The molecule has 124 valence electrons. The first-order chi connectivity index (χ1) is 12.2. The predicted octanol–water partition coefficient (Wildman–Crippen LogP) is 4.68. The third kappa shape index (κ3) is 3.21. The lowest BCUT2D eigenvalue weighted by molar-refractivity contribution is 0.0984. The van der Waals surface area contributed by atoms with Gasteiger partial charge in [0, 0.05) is 34.8 Å². The highest BCUT2D eigenvalue weighted by Crippen LogP contribution is 2.29. The fourth-order valence-electron chi connectivity index (χ4n) is 3.05. The van der Waals surface area contributed by atoms with E-state index in [0.29, 0.717) is 17.3 Å². The molecule has 25 heavy (non-hydrogen) atoms. The molecule has 0 spiro atoms. The minimum atomic E-state index is -0.0836. The Labute approximate surface area is 151 Å². The SMILES string of the molecule is O=C(c1cc(Nc2cccc(Cl)c2)ccn1)N1CCc2ccccc21.